The van der Waals surface area contributed by atoms with Crippen molar-refractivity contribution in [2.24, 2.45) is 0 Å². The molecule has 2 amide bonds. The topological polar surface area (TPSA) is 70.9 Å². The Morgan fingerprint density at radius 1 is 1.03 bits per heavy atom. The van der Waals surface area contributed by atoms with Crippen molar-refractivity contribution in [1.82, 2.24) is 19.6 Å². The van der Waals surface area contributed by atoms with E-state index in [1.165, 1.54) is 16.8 Å². The SMILES string of the molecule is Cc1cccc(N2CCN(C(=O)Cn3nc(C(=O)N4[C@@H](C)COC[C@@H]4C)c4c3CCC4)CC2)c1C. The third-order valence-electron chi connectivity index (χ3n) is 7.95. The van der Waals surface area contributed by atoms with Gasteiger partial charge in [-0.15, -0.1) is 0 Å². The van der Waals surface area contributed by atoms with Crippen molar-refractivity contribution in [3.63, 3.8) is 0 Å². The molecule has 0 spiro atoms. The molecular formula is C27H37N5O3. The molecule has 2 aromatic rings. The average molecular weight is 480 g/mol. The normalized spacial score (nSPS) is 22.5. The van der Waals surface area contributed by atoms with Gasteiger partial charge in [0.15, 0.2) is 5.69 Å². The Morgan fingerprint density at radius 3 is 2.46 bits per heavy atom. The van der Waals surface area contributed by atoms with Crippen LogP contribution in [0.25, 0.3) is 0 Å². The molecule has 3 heterocycles. The van der Waals surface area contributed by atoms with E-state index in [-0.39, 0.29) is 30.4 Å². The molecular weight excluding hydrogens is 442 g/mol. The summed E-state index contributed by atoms with van der Waals surface area (Å²) in [5, 5.41) is 4.72. The minimum Gasteiger partial charge on any atom is -0.377 e. The summed E-state index contributed by atoms with van der Waals surface area (Å²) in [6.07, 6.45) is 2.73. The molecule has 0 N–H and O–H groups in total. The molecule has 1 aromatic carbocycles. The molecule has 188 valence electrons. The van der Waals surface area contributed by atoms with Crippen molar-refractivity contribution in [2.45, 2.75) is 65.6 Å². The van der Waals surface area contributed by atoms with Crippen LogP contribution in [0.15, 0.2) is 18.2 Å². The first kappa shape index (κ1) is 23.9. The Morgan fingerprint density at radius 2 is 1.74 bits per heavy atom. The largest absolute Gasteiger partial charge is 0.377 e. The number of aromatic nitrogens is 2. The van der Waals surface area contributed by atoms with Crippen LogP contribution >= 0.6 is 0 Å². The van der Waals surface area contributed by atoms with Gasteiger partial charge in [0.2, 0.25) is 5.91 Å². The molecule has 8 nitrogen and oxygen atoms in total. The van der Waals surface area contributed by atoms with Crippen LogP contribution < -0.4 is 4.90 Å². The molecule has 2 atom stereocenters. The lowest BCUT2D eigenvalue weighted by Crippen LogP contribution is -2.52. The second-order valence-electron chi connectivity index (χ2n) is 10.3. The molecule has 0 bridgehead atoms. The van der Waals surface area contributed by atoms with E-state index in [4.69, 9.17) is 9.84 Å². The number of fused-ring (bicyclic) bond motifs is 1. The van der Waals surface area contributed by atoms with Crippen LogP contribution in [0.5, 0.6) is 0 Å². The highest BCUT2D eigenvalue weighted by Crippen LogP contribution is 2.28. The molecule has 2 fully saturated rings. The van der Waals surface area contributed by atoms with E-state index >= 15 is 0 Å². The van der Waals surface area contributed by atoms with Gasteiger partial charge in [-0.2, -0.15) is 5.10 Å². The average Bonchev–Trinajstić information content (AvgIpc) is 3.45. The fraction of sp³-hybridized carbons (Fsp3) is 0.593. The van der Waals surface area contributed by atoms with Gasteiger partial charge in [0.25, 0.3) is 5.91 Å². The lowest BCUT2D eigenvalue weighted by Gasteiger charge is -2.38. The zero-order valence-corrected chi connectivity index (χ0v) is 21.4. The van der Waals surface area contributed by atoms with Crippen LogP contribution in [-0.4, -0.2) is 82.9 Å². The predicted molar refractivity (Wildman–Crippen MR) is 135 cm³/mol. The van der Waals surface area contributed by atoms with E-state index in [0.29, 0.717) is 32.0 Å². The van der Waals surface area contributed by atoms with E-state index in [1.54, 1.807) is 0 Å². The minimum atomic E-state index is -0.0280. The number of piperazine rings is 1. The Kier molecular flexibility index (Phi) is 6.57. The van der Waals surface area contributed by atoms with Gasteiger partial charge in [-0.3, -0.25) is 14.3 Å². The number of hydrogen-bond acceptors (Lipinski definition) is 5. The maximum atomic E-state index is 13.5. The van der Waals surface area contributed by atoms with Gasteiger partial charge >= 0.3 is 0 Å². The van der Waals surface area contributed by atoms with Gasteiger partial charge < -0.3 is 19.4 Å². The summed E-state index contributed by atoms with van der Waals surface area (Å²) in [4.78, 5) is 33.0. The molecule has 1 aliphatic carbocycles. The lowest BCUT2D eigenvalue weighted by atomic mass is 10.1. The molecule has 2 saturated heterocycles. The monoisotopic (exact) mass is 479 g/mol. The Hall–Kier alpha value is -2.87. The van der Waals surface area contributed by atoms with Gasteiger partial charge in [0.05, 0.1) is 25.3 Å². The number of benzene rings is 1. The summed E-state index contributed by atoms with van der Waals surface area (Å²) < 4.78 is 7.41. The number of carbonyl (C=O) groups excluding carboxylic acids is 2. The van der Waals surface area contributed by atoms with Gasteiger partial charge in [-0.25, -0.2) is 0 Å². The molecule has 2 aliphatic heterocycles. The number of anilines is 1. The number of amides is 2. The van der Waals surface area contributed by atoms with Gasteiger partial charge in [0, 0.05) is 43.1 Å². The first-order valence-corrected chi connectivity index (χ1v) is 12.9. The molecule has 3 aliphatic rings. The highest BCUT2D eigenvalue weighted by Gasteiger charge is 2.36. The van der Waals surface area contributed by atoms with Crippen molar-refractivity contribution in [3.8, 4) is 0 Å². The smallest absolute Gasteiger partial charge is 0.275 e. The van der Waals surface area contributed by atoms with Crippen LogP contribution in [0.3, 0.4) is 0 Å². The maximum absolute atomic E-state index is 13.5. The summed E-state index contributed by atoms with van der Waals surface area (Å²) in [6.45, 7) is 12.7. The van der Waals surface area contributed by atoms with E-state index in [2.05, 4.69) is 36.9 Å². The molecule has 0 unspecified atom stereocenters. The van der Waals surface area contributed by atoms with Crippen molar-refractivity contribution in [3.05, 3.63) is 46.3 Å². The zero-order chi connectivity index (χ0) is 24.7. The standard InChI is InChI=1S/C27H37N5O3/c1-18-7-5-9-23(21(18)4)29-11-13-30(14-12-29)25(33)15-31-24-10-6-8-22(24)26(28-31)27(34)32-19(2)16-35-17-20(32)3/h5,7,9,19-20H,6,8,10-17H2,1-4H3/t19-,20-/m0/s1. The number of nitrogens with zero attached hydrogens (tertiary/aromatic N) is 5. The summed E-state index contributed by atoms with van der Waals surface area (Å²) in [5.74, 6) is 0.0507. The lowest BCUT2D eigenvalue weighted by molar-refractivity contribution is -0.132. The van der Waals surface area contributed by atoms with Crippen LogP contribution in [0, 0.1) is 13.8 Å². The van der Waals surface area contributed by atoms with Crippen molar-refractivity contribution in [1.29, 1.82) is 0 Å². The molecule has 1 aromatic heterocycles. The first-order chi connectivity index (χ1) is 16.8. The molecule has 5 rings (SSSR count). The Balaban J connectivity index is 1.27. The fourth-order valence-electron chi connectivity index (χ4n) is 5.84. The molecule has 8 heteroatoms. The minimum absolute atomic E-state index is 0.0171. The fourth-order valence-corrected chi connectivity index (χ4v) is 5.84. The van der Waals surface area contributed by atoms with Gasteiger partial charge in [-0.05, 0) is 64.2 Å². The molecule has 35 heavy (non-hydrogen) atoms. The van der Waals surface area contributed by atoms with Crippen LogP contribution in [0.4, 0.5) is 5.69 Å². The Labute approximate surface area is 207 Å². The quantitative estimate of drug-likeness (QED) is 0.674. The highest BCUT2D eigenvalue weighted by atomic mass is 16.5. The van der Waals surface area contributed by atoms with E-state index < -0.39 is 0 Å². The molecule has 0 radical (unpaired) electrons. The number of hydrogen-bond donors (Lipinski definition) is 0. The van der Waals surface area contributed by atoms with Crippen molar-refractivity contribution in [2.75, 3.05) is 44.3 Å². The van der Waals surface area contributed by atoms with E-state index in [9.17, 15) is 9.59 Å². The number of carbonyl (C=O) groups is 2. The first-order valence-electron chi connectivity index (χ1n) is 12.9. The van der Waals surface area contributed by atoms with Crippen molar-refractivity contribution >= 4 is 17.5 Å². The second-order valence-corrected chi connectivity index (χ2v) is 10.3. The molecule has 0 saturated carbocycles. The summed E-state index contributed by atoms with van der Waals surface area (Å²) in [6, 6.07) is 6.44. The van der Waals surface area contributed by atoms with E-state index in [0.717, 1.165) is 43.6 Å². The number of aryl methyl sites for hydroxylation is 1. The predicted octanol–water partition coefficient (Wildman–Crippen LogP) is 2.59. The van der Waals surface area contributed by atoms with Gasteiger partial charge in [0.1, 0.15) is 6.54 Å². The zero-order valence-electron chi connectivity index (χ0n) is 21.4. The van der Waals surface area contributed by atoms with Gasteiger partial charge in [-0.1, -0.05) is 12.1 Å². The third kappa shape index (κ3) is 4.44. The summed E-state index contributed by atoms with van der Waals surface area (Å²) in [5.41, 5.74) is 6.49. The van der Waals surface area contributed by atoms with Crippen molar-refractivity contribution < 1.29 is 14.3 Å². The van der Waals surface area contributed by atoms with Crippen LogP contribution in [-0.2, 0) is 28.9 Å². The van der Waals surface area contributed by atoms with Crippen LogP contribution in [0.2, 0.25) is 0 Å². The van der Waals surface area contributed by atoms with Crippen LogP contribution in [0.1, 0.15) is 53.1 Å². The summed E-state index contributed by atoms with van der Waals surface area (Å²) in [7, 11) is 0. The Bertz CT molecular complexity index is 1110. The van der Waals surface area contributed by atoms with E-state index in [1.807, 2.05) is 28.3 Å². The highest BCUT2D eigenvalue weighted by molar-refractivity contribution is 5.95. The number of morpholine rings is 1. The maximum Gasteiger partial charge on any atom is 0.275 e. The summed E-state index contributed by atoms with van der Waals surface area (Å²) >= 11 is 0. The number of ether oxygens (including phenoxy) is 1. The second kappa shape index (κ2) is 9.64. The third-order valence-corrected chi connectivity index (χ3v) is 7.95. The number of rotatable bonds is 4.